The summed E-state index contributed by atoms with van der Waals surface area (Å²) in [5.74, 6) is -1.26. The van der Waals surface area contributed by atoms with Gasteiger partial charge in [0.25, 0.3) is 0 Å². The van der Waals surface area contributed by atoms with Crippen LogP contribution in [0.3, 0.4) is 0 Å². The molecule has 0 bridgehead atoms. The first-order valence-corrected chi connectivity index (χ1v) is 12.5. The number of fused-ring (bicyclic) bond motifs is 1. The maximum Gasteiger partial charge on any atom is 0.573 e. The van der Waals surface area contributed by atoms with E-state index in [9.17, 15) is 23.1 Å². The van der Waals surface area contributed by atoms with E-state index in [1.165, 1.54) is 23.9 Å². The Balaban J connectivity index is 1.75. The molecule has 4 rings (SSSR count). The van der Waals surface area contributed by atoms with Crippen molar-refractivity contribution in [2.45, 2.75) is 49.1 Å². The molecule has 0 aliphatic carbocycles. The second-order valence-electron chi connectivity index (χ2n) is 8.26. The Bertz CT molecular complexity index is 1420. The molecule has 0 unspecified atom stereocenters. The summed E-state index contributed by atoms with van der Waals surface area (Å²) in [5, 5.41) is 12.6. The van der Waals surface area contributed by atoms with E-state index in [4.69, 9.17) is 16.3 Å². The number of aromatic nitrogens is 1. The molecule has 0 N–H and O–H groups in total. The third-order valence-electron chi connectivity index (χ3n) is 5.66. The smallest absolute Gasteiger partial charge is 0.546 e. The molecule has 1 heterocycles. The number of nitrogens with zero attached hydrogens (tertiary/aromatic N) is 1. The lowest BCUT2D eigenvalue weighted by Gasteiger charge is -2.19. The van der Waals surface area contributed by atoms with Gasteiger partial charge in [0.05, 0.1) is 11.5 Å². The number of benzene rings is 3. The highest BCUT2D eigenvalue weighted by Gasteiger charge is 2.31. The minimum atomic E-state index is -4.82. The largest absolute Gasteiger partial charge is 0.573 e. The maximum absolute atomic E-state index is 12.9. The average molecular weight is 549 g/mol. The van der Waals surface area contributed by atoms with Gasteiger partial charge in [0.15, 0.2) is 0 Å². The number of hydrogen-bond donors (Lipinski definition) is 0. The van der Waals surface area contributed by atoms with Crippen LogP contribution in [0.25, 0.3) is 10.9 Å². The summed E-state index contributed by atoms with van der Waals surface area (Å²) >= 11 is 7.49. The van der Waals surface area contributed by atoms with E-state index in [2.05, 4.69) is 4.74 Å². The Labute approximate surface area is 220 Å². The molecular weight excluding hydrogens is 527 g/mol. The SMILES string of the molecule is CC[C@@H](Oc1cccc(Cn2c(C)c(Sc3ccc(Cl)cc3)c3ccc(OC(F)(F)F)cc32)c1)C(=O)[O-]. The fourth-order valence-corrected chi connectivity index (χ4v) is 5.11. The van der Waals surface area contributed by atoms with Crippen molar-refractivity contribution in [1.82, 2.24) is 4.57 Å². The molecule has 0 spiro atoms. The molecule has 1 atom stereocenters. The van der Waals surface area contributed by atoms with Gasteiger partial charge in [-0.2, -0.15) is 0 Å². The fourth-order valence-electron chi connectivity index (χ4n) is 3.94. The first-order valence-electron chi connectivity index (χ1n) is 11.3. The van der Waals surface area contributed by atoms with E-state index in [0.717, 1.165) is 26.4 Å². The number of rotatable bonds is 9. The van der Waals surface area contributed by atoms with Gasteiger partial charge in [-0.1, -0.05) is 42.4 Å². The van der Waals surface area contributed by atoms with Crippen LogP contribution < -0.4 is 14.6 Å². The summed E-state index contributed by atoms with van der Waals surface area (Å²) in [4.78, 5) is 13.1. The van der Waals surface area contributed by atoms with Crippen molar-refractivity contribution in [1.29, 1.82) is 0 Å². The van der Waals surface area contributed by atoms with Crippen LogP contribution in [0.4, 0.5) is 13.2 Å². The van der Waals surface area contributed by atoms with Crippen molar-refractivity contribution >= 4 is 40.2 Å². The number of alkyl halides is 3. The topological polar surface area (TPSA) is 63.5 Å². The highest BCUT2D eigenvalue weighted by atomic mass is 35.5. The van der Waals surface area contributed by atoms with Gasteiger partial charge in [-0.15, -0.1) is 13.2 Å². The Kier molecular flexibility index (Phi) is 7.94. The van der Waals surface area contributed by atoms with Crippen LogP contribution in [0.2, 0.25) is 5.02 Å². The molecule has 0 saturated heterocycles. The number of hydrogen-bond acceptors (Lipinski definition) is 5. The van der Waals surface area contributed by atoms with Crippen LogP contribution in [0, 0.1) is 6.92 Å². The van der Waals surface area contributed by atoms with Gasteiger partial charge in [-0.05, 0) is 67.4 Å². The zero-order chi connectivity index (χ0) is 26.7. The van der Waals surface area contributed by atoms with E-state index in [0.29, 0.717) is 22.8 Å². The lowest BCUT2D eigenvalue weighted by molar-refractivity contribution is -0.313. The summed E-state index contributed by atoms with van der Waals surface area (Å²) in [6, 6.07) is 18.5. The van der Waals surface area contributed by atoms with E-state index in [-0.39, 0.29) is 12.2 Å². The van der Waals surface area contributed by atoms with Crippen LogP contribution in [0.15, 0.2) is 76.5 Å². The van der Waals surface area contributed by atoms with E-state index >= 15 is 0 Å². The molecule has 4 aromatic rings. The standard InChI is InChI=1S/C27H23ClF3NO4S/c1-3-24(26(33)34)35-19-6-4-5-17(13-19)15-32-16(2)25(37-21-10-7-18(28)8-11-21)22-12-9-20(14-23(22)32)36-27(29,30)31/h4-14,24H,3,15H2,1-2H3,(H,33,34)/p-1/t24-/m1/s1. The molecule has 0 aliphatic heterocycles. The first-order chi connectivity index (χ1) is 17.5. The summed E-state index contributed by atoms with van der Waals surface area (Å²) < 4.78 is 50.4. The van der Waals surface area contributed by atoms with Gasteiger partial charge in [0.1, 0.15) is 17.6 Å². The third-order valence-corrected chi connectivity index (χ3v) is 7.14. The highest BCUT2D eigenvalue weighted by Crippen LogP contribution is 2.40. The molecule has 5 nitrogen and oxygen atoms in total. The molecular formula is C27H22ClF3NO4S-. The van der Waals surface area contributed by atoms with Crippen molar-refractivity contribution in [3.05, 3.63) is 83.0 Å². The molecule has 0 fully saturated rings. The molecule has 37 heavy (non-hydrogen) atoms. The molecule has 0 aliphatic rings. The van der Waals surface area contributed by atoms with Crippen LogP contribution in [0.5, 0.6) is 11.5 Å². The number of aliphatic carboxylic acids is 1. The van der Waals surface area contributed by atoms with E-state index in [1.807, 2.05) is 29.7 Å². The van der Waals surface area contributed by atoms with Gasteiger partial charge in [-0.3, -0.25) is 0 Å². The minimum Gasteiger partial charge on any atom is -0.546 e. The highest BCUT2D eigenvalue weighted by molar-refractivity contribution is 7.99. The monoisotopic (exact) mass is 548 g/mol. The molecule has 3 aromatic carbocycles. The number of carbonyl (C=O) groups is 1. The summed E-state index contributed by atoms with van der Waals surface area (Å²) in [7, 11) is 0. The quantitative estimate of drug-likeness (QED) is 0.235. The lowest BCUT2D eigenvalue weighted by atomic mass is 10.2. The van der Waals surface area contributed by atoms with Crippen molar-refractivity contribution < 1.29 is 32.5 Å². The lowest BCUT2D eigenvalue weighted by Crippen LogP contribution is -2.39. The first kappa shape index (κ1) is 26.8. The van der Waals surface area contributed by atoms with Gasteiger partial charge >= 0.3 is 6.36 Å². The van der Waals surface area contributed by atoms with Crippen molar-refractivity contribution in [2.75, 3.05) is 0 Å². The number of carbonyl (C=O) groups excluding carboxylic acids is 1. The average Bonchev–Trinajstić information content (AvgIpc) is 3.08. The zero-order valence-electron chi connectivity index (χ0n) is 19.8. The van der Waals surface area contributed by atoms with Crippen LogP contribution in [-0.4, -0.2) is 23.0 Å². The van der Waals surface area contributed by atoms with Gasteiger partial charge in [0, 0.05) is 38.5 Å². The maximum atomic E-state index is 12.9. The van der Waals surface area contributed by atoms with Crippen LogP contribution in [-0.2, 0) is 11.3 Å². The third kappa shape index (κ3) is 6.53. The minimum absolute atomic E-state index is 0.237. The molecule has 1 aromatic heterocycles. The number of halogens is 4. The Morgan fingerprint density at radius 1 is 1.08 bits per heavy atom. The number of carboxylic acid groups (broad SMARTS) is 1. The van der Waals surface area contributed by atoms with Crippen molar-refractivity contribution in [2.24, 2.45) is 0 Å². The van der Waals surface area contributed by atoms with Gasteiger partial charge in [-0.25, -0.2) is 0 Å². The summed E-state index contributed by atoms with van der Waals surface area (Å²) in [6.45, 7) is 3.88. The van der Waals surface area contributed by atoms with Crippen molar-refractivity contribution in [3.63, 3.8) is 0 Å². The second kappa shape index (κ2) is 11.0. The number of ether oxygens (including phenoxy) is 2. The van der Waals surface area contributed by atoms with E-state index < -0.39 is 18.4 Å². The molecule has 0 radical (unpaired) electrons. The summed E-state index contributed by atoms with van der Waals surface area (Å²) in [5.41, 5.74) is 2.17. The molecule has 0 amide bonds. The predicted octanol–water partition coefficient (Wildman–Crippen LogP) is 6.61. The zero-order valence-corrected chi connectivity index (χ0v) is 21.4. The van der Waals surface area contributed by atoms with E-state index in [1.54, 1.807) is 43.3 Å². The Hall–Kier alpha value is -3.30. The summed E-state index contributed by atoms with van der Waals surface area (Å²) in [6.07, 6.45) is -5.67. The Morgan fingerprint density at radius 3 is 2.46 bits per heavy atom. The predicted molar refractivity (Wildman–Crippen MR) is 134 cm³/mol. The second-order valence-corrected chi connectivity index (χ2v) is 9.78. The van der Waals surface area contributed by atoms with Crippen LogP contribution in [0.1, 0.15) is 24.6 Å². The van der Waals surface area contributed by atoms with Gasteiger partial charge in [0.2, 0.25) is 0 Å². The molecule has 0 saturated carbocycles. The van der Waals surface area contributed by atoms with Crippen LogP contribution >= 0.6 is 23.4 Å². The fraction of sp³-hybridized carbons (Fsp3) is 0.222. The molecule has 194 valence electrons. The molecule has 10 heteroatoms. The number of carboxylic acids is 1. The van der Waals surface area contributed by atoms with Crippen molar-refractivity contribution in [3.8, 4) is 11.5 Å². The Morgan fingerprint density at radius 2 is 1.81 bits per heavy atom. The van der Waals surface area contributed by atoms with Gasteiger partial charge < -0.3 is 23.9 Å². The normalized spacial score (nSPS) is 12.5.